The minimum atomic E-state index is -1.28. The van der Waals surface area contributed by atoms with E-state index in [9.17, 15) is 9.90 Å². The Morgan fingerprint density at radius 2 is 2.21 bits per heavy atom. The zero-order valence-corrected chi connectivity index (χ0v) is 11.8. The molecule has 1 aromatic rings. The maximum absolute atomic E-state index is 12.6. The molecule has 1 aromatic heterocycles. The van der Waals surface area contributed by atoms with Crippen LogP contribution in [0.1, 0.15) is 42.6 Å². The molecule has 0 aromatic carbocycles. The van der Waals surface area contributed by atoms with Crippen molar-refractivity contribution in [2.75, 3.05) is 13.7 Å². The van der Waals surface area contributed by atoms with E-state index in [1.165, 1.54) is 10.9 Å². The average Bonchev–Trinajstić information content (AvgIpc) is 2.77. The Bertz CT molecular complexity index is 453. The molecule has 1 aliphatic rings. The van der Waals surface area contributed by atoms with Gasteiger partial charge in [-0.2, -0.15) is 5.10 Å². The molecule has 0 saturated heterocycles. The summed E-state index contributed by atoms with van der Waals surface area (Å²) in [5, 5.41) is 14.9. The fourth-order valence-electron chi connectivity index (χ4n) is 2.52. The van der Waals surface area contributed by atoms with Crippen molar-refractivity contribution in [1.29, 1.82) is 0 Å². The van der Waals surface area contributed by atoms with Gasteiger partial charge in [-0.15, -0.1) is 0 Å². The number of halogens is 1. The first-order valence-electron chi connectivity index (χ1n) is 6.56. The third-order valence-corrected chi connectivity index (χ3v) is 3.90. The summed E-state index contributed by atoms with van der Waals surface area (Å²) in [4.78, 5) is 12.6. The van der Waals surface area contributed by atoms with E-state index in [-0.39, 0.29) is 5.78 Å². The van der Waals surface area contributed by atoms with Gasteiger partial charge in [-0.05, 0) is 12.8 Å². The largest absolute Gasteiger partial charge is 0.383 e. The van der Waals surface area contributed by atoms with Crippen molar-refractivity contribution in [1.82, 2.24) is 9.78 Å². The molecule has 0 unspecified atom stereocenters. The van der Waals surface area contributed by atoms with Crippen LogP contribution in [0.4, 0.5) is 0 Å². The van der Waals surface area contributed by atoms with Crippen molar-refractivity contribution in [2.24, 2.45) is 0 Å². The second-order valence-corrected chi connectivity index (χ2v) is 5.39. The number of rotatable bonds is 5. The molecule has 0 amide bonds. The summed E-state index contributed by atoms with van der Waals surface area (Å²) in [6, 6.07) is 0. The van der Waals surface area contributed by atoms with Crippen LogP contribution >= 0.6 is 11.6 Å². The van der Waals surface area contributed by atoms with Crippen LogP contribution in [-0.4, -0.2) is 40.0 Å². The van der Waals surface area contributed by atoms with E-state index < -0.39 is 5.60 Å². The zero-order chi connectivity index (χ0) is 13.9. The Kier molecular flexibility index (Phi) is 4.60. The predicted molar refractivity (Wildman–Crippen MR) is 71.5 cm³/mol. The fraction of sp³-hybridized carbons (Fsp3) is 0.692. The molecule has 0 bridgehead atoms. The van der Waals surface area contributed by atoms with E-state index in [0.29, 0.717) is 36.7 Å². The van der Waals surface area contributed by atoms with Crippen LogP contribution in [0.3, 0.4) is 0 Å². The number of hydrogen-bond donors (Lipinski definition) is 1. The van der Waals surface area contributed by atoms with Gasteiger partial charge in [0.2, 0.25) is 5.78 Å². The molecule has 1 fully saturated rings. The predicted octanol–water partition coefficient (Wildman–Crippen LogP) is 2.06. The number of ether oxygens (including phenoxy) is 1. The van der Waals surface area contributed by atoms with E-state index in [4.69, 9.17) is 16.3 Å². The van der Waals surface area contributed by atoms with Gasteiger partial charge in [0.25, 0.3) is 0 Å². The van der Waals surface area contributed by atoms with Crippen LogP contribution in [0, 0.1) is 0 Å². The van der Waals surface area contributed by atoms with Crippen LogP contribution in [0.5, 0.6) is 0 Å². The second kappa shape index (κ2) is 6.03. The van der Waals surface area contributed by atoms with E-state index in [2.05, 4.69) is 5.10 Å². The Hall–Kier alpha value is -0.910. The molecule has 1 heterocycles. The highest BCUT2D eigenvalue weighted by Gasteiger charge is 2.40. The number of ketones is 1. The first-order valence-corrected chi connectivity index (χ1v) is 6.94. The van der Waals surface area contributed by atoms with Crippen molar-refractivity contribution in [3.8, 4) is 0 Å². The molecule has 1 N–H and O–H groups in total. The Balaban J connectivity index is 2.24. The number of carbonyl (C=O) groups is 1. The average molecular weight is 287 g/mol. The van der Waals surface area contributed by atoms with Crippen molar-refractivity contribution in [3.63, 3.8) is 0 Å². The standard InChI is InChI=1S/C13H19ClN2O3/c1-19-8-7-16-11(10(14)9-15-16)12(17)13(18)5-3-2-4-6-13/h9,18H,2-8H2,1H3. The molecule has 0 atom stereocenters. The molecule has 6 heteroatoms. The number of aromatic nitrogens is 2. The van der Waals surface area contributed by atoms with Gasteiger partial charge in [0.15, 0.2) is 0 Å². The van der Waals surface area contributed by atoms with Crippen LogP contribution in [-0.2, 0) is 11.3 Å². The first kappa shape index (κ1) is 14.5. The summed E-state index contributed by atoms with van der Waals surface area (Å²) < 4.78 is 6.50. The number of nitrogens with zero attached hydrogens (tertiary/aromatic N) is 2. The van der Waals surface area contributed by atoms with Crippen molar-refractivity contribution >= 4 is 17.4 Å². The summed E-state index contributed by atoms with van der Waals surface area (Å²) in [7, 11) is 1.58. The summed E-state index contributed by atoms with van der Waals surface area (Å²) in [5.41, 5.74) is -0.990. The maximum Gasteiger partial charge on any atom is 0.213 e. The number of Topliss-reactive ketones (excluding diaryl/α,β-unsaturated/α-hetero) is 1. The van der Waals surface area contributed by atoms with Gasteiger partial charge in [0, 0.05) is 7.11 Å². The molecule has 0 aliphatic heterocycles. The van der Waals surface area contributed by atoms with E-state index in [1.54, 1.807) is 7.11 Å². The lowest BCUT2D eigenvalue weighted by atomic mass is 9.81. The minimum Gasteiger partial charge on any atom is -0.383 e. The van der Waals surface area contributed by atoms with Crippen LogP contribution in [0.25, 0.3) is 0 Å². The molecule has 1 saturated carbocycles. The highest BCUT2D eigenvalue weighted by molar-refractivity contribution is 6.34. The highest BCUT2D eigenvalue weighted by atomic mass is 35.5. The quantitative estimate of drug-likeness (QED) is 0.842. The number of aliphatic hydroxyl groups is 1. The molecular formula is C13H19ClN2O3. The van der Waals surface area contributed by atoms with Crippen molar-refractivity contribution in [2.45, 2.75) is 44.2 Å². The van der Waals surface area contributed by atoms with Gasteiger partial charge in [0.1, 0.15) is 11.3 Å². The van der Waals surface area contributed by atoms with Gasteiger partial charge < -0.3 is 9.84 Å². The SMILES string of the molecule is COCCn1ncc(Cl)c1C(=O)C1(O)CCCCC1. The smallest absolute Gasteiger partial charge is 0.213 e. The highest BCUT2D eigenvalue weighted by Crippen LogP contribution is 2.32. The van der Waals surface area contributed by atoms with E-state index in [1.807, 2.05) is 0 Å². The molecule has 1 aliphatic carbocycles. The lowest BCUT2D eigenvalue weighted by Gasteiger charge is -2.30. The number of methoxy groups -OCH3 is 1. The summed E-state index contributed by atoms with van der Waals surface area (Å²) in [6.07, 6.45) is 5.23. The van der Waals surface area contributed by atoms with Gasteiger partial charge in [0.05, 0.1) is 24.4 Å². The lowest BCUT2D eigenvalue weighted by Crippen LogP contribution is -2.41. The lowest BCUT2D eigenvalue weighted by molar-refractivity contribution is 0.0105. The topological polar surface area (TPSA) is 64.4 Å². The Morgan fingerprint density at radius 3 is 2.84 bits per heavy atom. The molecule has 19 heavy (non-hydrogen) atoms. The maximum atomic E-state index is 12.6. The molecule has 0 spiro atoms. The van der Waals surface area contributed by atoms with Gasteiger partial charge in [-0.25, -0.2) is 0 Å². The minimum absolute atomic E-state index is 0.292. The number of carbonyl (C=O) groups excluding carboxylic acids is 1. The monoisotopic (exact) mass is 286 g/mol. The first-order chi connectivity index (χ1) is 9.08. The second-order valence-electron chi connectivity index (χ2n) is 4.98. The fourth-order valence-corrected chi connectivity index (χ4v) is 2.75. The third-order valence-electron chi connectivity index (χ3n) is 3.62. The summed E-state index contributed by atoms with van der Waals surface area (Å²) >= 11 is 6.04. The van der Waals surface area contributed by atoms with Crippen LogP contribution in [0.15, 0.2) is 6.20 Å². The van der Waals surface area contributed by atoms with Crippen molar-refractivity contribution in [3.05, 3.63) is 16.9 Å². The summed E-state index contributed by atoms with van der Waals surface area (Å²) in [5.74, 6) is -0.314. The molecular weight excluding hydrogens is 268 g/mol. The third kappa shape index (κ3) is 2.99. The molecule has 0 radical (unpaired) electrons. The zero-order valence-electron chi connectivity index (χ0n) is 11.1. The summed E-state index contributed by atoms with van der Waals surface area (Å²) in [6.45, 7) is 0.886. The van der Waals surface area contributed by atoms with Crippen molar-refractivity contribution < 1.29 is 14.6 Å². The van der Waals surface area contributed by atoms with E-state index >= 15 is 0 Å². The normalized spacial score (nSPS) is 18.5. The van der Waals surface area contributed by atoms with Crippen LogP contribution in [0.2, 0.25) is 5.02 Å². The Labute approximate surface area is 117 Å². The molecule has 106 valence electrons. The molecule has 2 rings (SSSR count). The number of hydrogen-bond acceptors (Lipinski definition) is 4. The Morgan fingerprint density at radius 1 is 1.53 bits per heavy atom. The molecule has 5 nitrogen and oxygen atoms in total. The van der Waals surface area contributed by atoms with Gasteiger partial charge >= 0.3 is 0 Å². The van der Waals surface area contributed by atoms with Gasteiger partial charge in [-0.3, -0.25) is 9.48 Å². The van der Waals surface area contributed by atoms with E-state index in [0.717, 1.165) is 19.3 Å². The van der Waals surface area contributed by atoms with Crippen LogP contribution < -0.4 is 0 Å². The van der Waals surface area contributed by atoms with Gasteiger partial charge in [-0.1, -0.05) is 30.9 Å².